The summed E-state index contributed by atoms with van der Waals surface area (Å²) in [5.41, 5.74) is 0.0130. The molecule has 0 unspecified atom stereocenters. The van der Waals surface area contributed by atoms with Crippen LogP contribution in [0.3, 0.4) is 0 Å². The van der Waals surface area contributed by atoms with E-state index in [1.165, 1.54) is 12.3 Å². The minimum Gasteiger partial charge on any atom is -0.481 e. The lowest BCUT2D eigenvalue weighted by Crippen LogP contribution is -2.17. The molecule has 5 nitrogen and oxygen atoms in total. The number of carbonyl (C=O) groups excluding carboxylic acids is 1. The second-order valence-corrected chi connectivity index (χ2v) is 5.36. The number of halogens is 1. The van der Waals surface area contributed by atoms with Gasteiger partial charge in [-0.05, 0) is 17.5 Å². The van der Waals surface area contributed by atoms with E-state index in [0.29, 0.717) is 5.69 Å². The van der Waals surface area contributed by atoms with Gasteiger partial charge in [0.1, 0.15) is 5.15 Å². The van der Waals surface area contributed by atoms with Crippen LogP contribution in [0.4, 0.5) is 5.69 Å². The van der Waals surface area contributed by atoms with Crippen LogP contribution in [-0.2, 0) is 9.59 Å². The number of hydrogen-bond acceptors (Lipinski definition) is 3. The van der Waals surface area contributed by atoms with Crippen molar-refractivity contribution in [2.24, 2.45) is 17.3 Å². The van der Waals surface area contributed by atoms with Gasteiger partial charge in [0.15, 0.2) is 0 Å². The molecule has 2 atom stereocenters. The van der Waals surface area contributed by atoms with E-state index >= 15 is 0 Å². The molecule has 0 saturated heterocycles. The Morgan fingerprint density at radius 2 is 2.11 bits per heavy atom. The summed E-state index contributed by atoms with van der Waals surface area (Å²) in [5, 5.41) is 11.9. The van der Waals surface area contributed by atoms with Crippen LogP contribution in [0.25, 0.3) is 0 Å². The molecule has 0 radical (unpaired) electrons. The Morgan fingerprint density at radius 3 is 2.61 bits per heavy atom. The molecule has 2 N–H and O–H groups in total. The van der Waals surface area contributed by atoms with Crippen molar-refractivity contribution in [3.8, 4) is 0 Å². The molecule has 0 spiro atoms. The molecule has 96 valence electrons. The van der Waals surface area contributed by atoms with Crippen LogP contribution in [0.2, 0.25) is 5.15 Å². The van der Waals surface area contributed by atoms with Gasteiger partial charge in [-0.15, -0.1) is 0 Å². The monoisotopic (exact) mass is 268 g/mol. The van der Waals surface area contributed by atoms with Crippen molar-refractivity contribution in [2.75, 3.05) is 5.32 Å². The van der Waals surface area contributed by atoms with Gasteiger partial charge < -0.3 is 10.4 Å². The lowest BCUT2D eigenvalue weighted by molar-refractivity contribution is -0.140. The van der Waals surface area contributed by atoms with E-state index in [-0.39, 0.29) is 11.1 Å². The van der Waals surface area contributed by atoms with Gasteiger partial charge in [0.25, 0.3) is 0 Å². The number of nitrogens with zero attached hydrogens (tertiary/aromatic N) is 1. The number of nitrogens with one attached hydrogen (secondary N) is 1. The van der Waals surface area contributed by atoms with Crippen molar-refractivity contribution in [1.82, 2.24) is 4.98 Å². The Labute approximate surface area is 109 Å². The number of aliphatic carboxylic acids is 1. The van der Waals surface area contributed by atoms with E-state index in [1.54, 1.807) is 19.9 Å². The number of rotatable bonds is 3. The van der Waals surface area contributed by atoms with Crippen LogP contribution in [0.5, 0.6) is 0 Å². The summed E-state index contributed by atoms with van der Waals surface area (Å²) in [6, 6.07) is 3.12. The van der Waals surface area contributed by atoms with Gasteiger partial charge in [0.2, 0.25) is 5.91 Å². The molecule has 18 heavy (non-hydrogen) atoms. The van der Waals surface area contributed by atoms with Gasteiger partial charge in [-0.3, -0.25) is 9.59 Å². The highest BCUT2D eigenvalue weighted by atomic mass is 35.5. The first-order valence-corrected chi connectivity index (χ1v) is 5.87. The van der Waals surface area contributed by atoms with Gasteiger partial charge in [0, 0.05) is 11.9 Å². The van der Waals surface area contributed by atoms with Crippen LogP contribution in [0, 0.1) is 17.3 Å². The Kier molecular flexibility index (Phi) is 3.02. The average Bonchev–Trinajstić information content (AvgIpc) is 2.81. The minimum absolute atomic E-state index is 0.276. The fourth-order valence-electron chi connectivity index (χ4n) is 2.29. The molecule has 1 amide bonds. The predicted octanol–water partition coefficient (Wildman–Crippen LogP) is 2.03. The first-order valence-electron chi connectivity index (χ1n) is 5.49. The van der Waals surface area contributed by atoms with Gasteiger partial charge >= 0.3 is 5.97 Å². The SMILES string of the molecule is CC1(C)[C@H](C(=O)O)[C@@H]1C(=O)Nc1ccnc(Cl)c1. The Balaban J connectivity index is 2.08. The number of anilines is 1. The lowest BCUT2D eigenvalue weighted by atomic mass is 10.1. The molecule has 6 heteroatoms. The highest BCUT2D eigenvalue weighted by Gasteiger charge is 2.65. The van der Waals surface area contributed by atoms with Crippen molar-refractivity contribution in [2.45, 2.75) is 13.8 Å². The largest absolute Gasteiger partial charge is 0.481 e. The van der Waals surface area contributed by atoms with E-state index in [4.69, 9.17) is 16.7 Å². The third-order valence-corrected chi connectivity index (χ3v) is 3.58. The minimum atomic E-state index is -0.937. The predicted molar refractivity (Wildman–Crippen MR) is 66.3 cm³/mol. The van der Waals surface area contributed by atoms with E-state index in [2.05, 4.69) is 10.3 Å². The zero-order chi connectivity index (χ0) is 13.5. The van der Waals surface area contributed by atoms with Crippen LogP contribution < -0.4 is 5.32 Å². The van der Waals surface area contributed by atoms with Gasteiger partial charge in [-0.25, -0.2) is 4.98 Å². The summed E-state index contributed by atoms with van der Waals surface area (Å²) in [6.45, 7) is 3.55. The zero-order valence-corrected chi connectivity index (χ0v) is 10.7. The highest BCUT2D eigenvalue weighted by Crippen LogP contribution is 2.58. The zero-order valence-electron chi connectivity index (χ0n) is 9.98. The second kappa shape index (κ2) is 4.24. The van der Waals surface area contributed by atoms with Gasteiger partial charge in [-0.2, -0.15) is 0 Å². The number of hydrogen-bond donors (Lipinski definition) is 2. The molecule has 1 aromatic rings. The lowest BCUT2D eigenvalue weighted by Gasteiger charge is -2.05. The van der Waals surface area contributed by atoms with Gasteiger partial charge in [0.05, 0.1) is 11.8 Å². The van der Waals surface area contributed by atoms with Crippen LogP contribution >= 0.6 is 11.6 Å². The van der Waals surface area contributed by atoms with Crippen molar-refractivity contribution >= 4 is 29.2 Å². The molecule has 1 heterocycles. The summed E-state index contributed by atoms with van der Waals surface area (Å²) in [4.78, 5) is 26.8. The standard InChI is InChI=1S/C12H13ClN2O3/c1-12(2)8(9(12)11(17)18)10(16)15-6-3-4-14-7(13)5-6/h3-5,8-9H,1-2H3,(H,17,18)(H,14,15,16)/t8-,9+/m1/s1. The summed E-state index contributed by atoms with van der Waals surface area (Å²) in [5.74, 6) is -2.38. The molecule has 0 aromatic carbocycles. The number of carboxylic acids is 1. The molecular weight excluding hydrogens is 256 g/mol. The van der Waals surface area contributed by atoms with Crippen molar-refractivity contribution in [1.29, 1.82) is 0 Å². The van der Waals surface area contributed by atoms with E-state index in [1.807, 2.05) is 0 Å². The summed E-state index contributed by atoms with van der Waals surface area (Å²) in [7, 11) is 0. The normalized spacial score (nSPS) is 24.4. The molecule has 1 fully saturated rings. The Morgan fingerprint density at radius 1 is 1.44 bits per heavy atom. The third kappa shape index (κ3) is 2.18. The molecule has 0 bridgehead atoms. The fourth-order valence-corrected chi connectivity index (χ4v) is 2.46. The molecule has 1 aromatic heterocycles. The van der Waals surface area contributed by atoms with Crippen molar-refractivity contribution < 1.29 is 14.7 Å². The molecule has 1 aliphatic rings. The Bertz CT molecular complexity index is 516. The number of pyridine rings is 1. The van der Waals surface area contributed by atoms with Crippen LogP contribution in [-0.4, -0.2) is 22.0 Å². The second-order valence-electron chi connectivity index (χ2n) is 4.97. The number of amides is 1. The topological polar surface area (TPSA) is 79.3 Å². The fraction of sp³-hybridized carbons (Fsp3) is 0.417. The first-order chi connectivity index (χ1) is 8.34. The molecular formula is C12H13ClN2O3. The summed E-state index contributed by atoms with van der Waals surface area (Å²) >= 11 is 5.70. The molecule has 1 aliphatic carbocycles. The Hall–Kier alpha value is -1.62. The maximum absolute atomic E-state index is 12.0. The first kappa shape index (κ1) is 12.8. The number of carbonyl (C=O) groups is 2. The molecule has 1 saturated carbocycles. The van der Waals surface area contributed by atoms with Crippen LogP contribution in [0.1, 0.15) is 13.8 Å². The quantitative estimate of drug-likeness (QED) is 0.822. The van der Waals surface area contributed by atoms with Crippen molar-refractivity contribution in [3.05, 3.63) is 23.5 Å². The summed E-state index contributed by atoms with van der Waals surface area (Å²) < 4.78 is 0. The maximum Gasteiger partial charge on any atom is 0.307 e. The van der Waals surface area contributed by atoms with E-state index in [9.17, 15) is 9.59 Å². The third-order valence-electron chi connectivity index (χ3n) is 3.37. The number of carboxylic acid groups (broad SMARTS) is 1. The summed E-state index contributed by atoms with van der Waals surface area (Å²) in [6.07, 6.45) is 1.48. The van der Waals surface area contributed by atoms with Gasteiger partial charge in [-0.1, -0.05) is 25.4 Å². The molecule has 0 aliphatic heterocycles. The van der Waals surface area contributed by atoms with Crippen molar-refractivity contribution in [3.63, 3.8) is 0 Å². The average molecular weight is 269 g/mol. The van der Waals surface area contributed by atoms with Crippen LogP contribution in [0.15, 0.2) is 18.3 Å². The molecule has 2 rings (SSSR count). The number of aromatic nitrogens is 1. The maximum atomic E-state index is 12.0. The highest BCUT2D eigenvalue weighted by molar-refractivity contribution is 6.29. The smallest absolute Gasteiger partial charge is 0.307 e. The van der Waals surface area contributed by atoms with E-state index < -0.39 is 23.2 Å². The van der Waals surface area contributed by atoms with E-state index in [0.717, 1.165) is 0 Å².